The van der Waals surface area contributed by atoms with Crippen molar-refractivity contribution in [2.45, 2.75) is 19.4 Å². The summed E-state index contributed by atoms with van der Waals surface area (Å²) in [6.45, 7) is 3.67. The molecule has 1 heterocycles. The first-order chi connectivity index (χ1) is 6.03. The Morgan fingerprint density at radius 3 is 2.69 bits per heavy atom. The van der Waals surface area contributed by atoms with Crippen molar-refractivity contribution in [3.63, 3.8) is 0 Å². The largest absolute Gasteiger partial charge is 0.392 e. The molecule has 1 N–H and O–H groups in total. The topological polar surface area (TPSA) is 57.6 Å². The molecule has 5 heteroatoms. The van der Waals surface area contributed by atoms with E-state index in [9.17, 15) is 13.5 Å². The standard InChI is InChI=1S/C8H17NO3S/c1-2-13(11,12)6-5-9-4-3-8(10)7-9/h8,10H,2-7H2,1H3/t8-/m0/s1. The average Bonchev–Trinajstić information content (AvgIpc) is 2.48. The second kappa shape index (κ2) is 4.39. The molecule has 4 nitrogen and oxygen atoms in total. The molecule has 0 unspecified atom stereocenters. The predicted octanol–water partition coefficient (Wildman–Crippen LogP) is -0.512. The zero-order valence-electron chi connectivity index (χ0n) is 7.94. The minimum atomic E-state index is -2.85. The molecule has 1 aliphatic rings. The fraction of sp³-hybridized carbons (Fsp3) is 1.00. The van der Waals surface area contributed by atoms with E-state index in [1.807, 2.05) is 4.90 Å². The van der Waals surface area contributed by atoms with Crippen molar-refractivity contribution in [1.29, 1.82) is 0 Å². The highest BCUT2D eigenvalue weighted by Crippen LogP contribution is 2.08. The van der Waals surface area contributed by atoms with Crippen LogP contribution in [0, 0.1) is 0 Å². The van der Waals surface area contributed by atoms with Gasteiger partial charge in [0.2, 0.25) is 0 Å². The van der Waals surface area contributed by atoms with Crippen molar-refractivity contribution in [2.24, 2.45) is 0 Å². The summed E-state index contributed by atoms with van der Waals surface area (Å²) in [6.07, 6.45) is 0.510. The van der Waals surface area contributed by atoms with Crippen LogP contribution in [0.4, 0.5) is 0 Å². The van der Waals surface area contributed by atoms with Crippen LogP contribution < -0.4 is 0 Å². The lowest BCUT2D eigenvalue weighted by atomic mass is 10.3. The van der Waals surface area contributed by atoms with E-state index in [0.29, 0.717) is 13.1 Å². The molecule has 1 aliphatic heterocycles. The highest BCUT2D eigenvalue weighted by molar-refractivity contribution is 7.91. The van der Waals surface area contributed by atoms with E-state index in [2.05, 4.69) is 0 Å². The summed E-state index contributed by atoms with van der Waals surface area (Å²) in [7, 11) is -2.85. The molecule has 0 spiro atoms. The van der Waals surface area contributed by atoms with Crippen LogP contribution in [0.2, 0.25) is 0 Å². The second-order valence-corrected chi connectivity index (χ2v) is 5.95. The highest BCUT2D eigenvalue weighted by Gasteiger charge is 2.21. The number of hydrogen-bond donors (Lipinski definition) is 1. The van der Waals surface area contributed by atoms with E-state index >= 15 is 0 Å². The van der Waals surface area contributed by atoms with Crippen LogP contribution >= 0.6 is 0 Å². The van der Waals surface area contributed by atoms with E-state index in [0.717, 1.165) is 13.0 Å². The van der Waals surface area contributed by atoms with Crippen molar-refractivity contribution in [3.8, 4) is 0 Å². The number of sulfone groups is 1. The first-order valence-electron chi connectivity index (χ1n) is 4.64. The van der Waals surface area contributed by atoms with Crippen molar-refractivity contribution in [3.05, 3.63) is 0 Å². The number of hydrogen-bond acceptors (Lipinski definition) is 4. The maximum Gasteiger partial charge on any atom is 0.151 e. The summed E-state index contributed by atoms with van der Waals surface area (Å²) in [6, 6.07) is 0. The summed E-state index contributed by atoms with van der Waals surface area (Å²) in [5.41, 5.74) is 0. The molecular formula is C8H17NO3S. The molecule has 1 fully saturated rings. The van der Waals surface area contributed by atoms with Gasteiger partial charge in [-0.3, -0.25) is 4.90 Å². The van der Waals surface area contributed by atoms with Gasteiger partial charge in [0, 0.05) is 25.4 Å². The first kappa shape index (κ1) is 10.9. The third-order valence-electron chi connectivity index (χ3n) is 2.41. The van der Waals surface area contributed by atoms with Crippen molar-refractivity contribution in [2.75, 3.05) is 31.1 Å². The molecule has 0 aromatic rings. The van der Waals surface area contributed by atoms with Crippen LogP contribution in [-0.4, -0.2) is 55.7 Å². The SMILES string of the molecule is CCS(=O)(=O)CCN1CC[C@H](O)C1. The fourth-order valence-electron chi connectivity index (χ4n) is 1.43. The summed E-state index contributed by atoms with van der Waals surface area (Å²) in [4.78, 5) is 2.00. The molecule has 0 saturated carbocycles. The monoisotopic (exact) mass is 207 g/mol. The summed E-state index contributed by atoms with van der Waals surface area (Å²) < 4.78 is 22.3. The maximum atomic E-state index is 11.1. The van der Waals surface area contributed by atoms with Crippen LogP contribution in [0.3, 0.4) is 0 Å². The van der Waals surface area contributed by atoms with Crippen LogP contribution in [0.5, 0.6) is 0 Å². The summed E-state index contributed by atoms with van der Waals surface area (Å²) in [5.74, 6) is 0.430. The van der Waals surface area contributed by atoms with E-state index < -0.39 is 9.84 Å². The van der Waals surface area contributed by atoms with Crippen molar-refractivity contribution >= 4 is 9.84 Å². The van der Waals surface area contributed by atoms with Gasteiger partial charge in [-0.2, -0.15) is 0 Å². The fourth-order valence-corrected chi connectivity index (χ4v) is 2.25. The Balaban J connectivity index is 2.27. The van der Waals surface area contributed by atoms with Gasteiger partial charge in [-0.05, 0) is 6.42 Å². The van der Waals surface area contributed by atoms with Gasteiger partial charge in [0.25, 0.3) is 0 Å². The normalized spacial score (nSPS) is 25.2. The molecule has 0 amide bonds. The second-order valence-electron chi connectivity index (χ2n) is 3.48. The highest BCUT2D eigenvalue weighted by atomic mass is 32.2. The molecule has 0 radical (unpaired) electrons. The molecule has 13 heavy (non-hydrogen) atoms. The molecule has 78 valence electrons. The lowest BCUT2D eigenvalue weighted by Crippen LogP contribution is -2.28. The molecular weight excluding hydrogens is 190 g/mol. The van der Waals surface area contributed by atoms with Gasteiger partial charge < -0.3 is 5.11 Å². The van der Waals surface area contributed by atoms with Crippen LogP contribution in [0.1, 0.15) is 13.3 Å². The van der Waals surface area contributed by atoms with Crippen LogP contribution in [-0.2, 0) is 9.84 Å². The van der Waals surface area contributed by atoms with Gasteiger partial charge in [-0.15, -0.1) is 0 Å². The van der Waals surface area contributed by atoms with E-state index in [1.54, 1.807) is 6.92 Å². The zero-order valence-corrected chi connectivity index (χ0v) is 8.76. The smallest absolute Gasteiger partial charge is 0.151 e. The Morgan fingerprint density at radius 2 is 2.23 bits per heavy atom. The number of nitrogens with zero attached hydrogens (tertiary/aromatic N) is 1. The molecule has 0 aromatic carbocycles. The summed E-state index contributed by atoms with van der Waals surface area (Å²) >= 11 is 0. The Hall–Kier alpha value is -0.130. The lowest BCUT2D eigenvalue weighted by molar-refractivity contribution is 0.178. The average molecular weight is 207 g/mol. The quantitative estimate of drug-likeness (QED) is 0.674. The van der Waals surface area contributed by atoms with Gasteiger partial charge in [0.15, 0.2) is 9.84 Å². The lowest BCUT2D eigenvalue weighted by Gasteiger charge is -2.13. The van der Waals surface area contributed by atoms with Gasteiger partial charge in [0.05, 0.1) is 11.9 Å². The zero-order chi connectivity index (χ0) is 9.90. The van der Waals surface area contributed by atoms with Gasteiger partial charge >= 0.3 is 0 Å². The van der Waals surface area contributed by atoms with Crippen LogP contribution in [0.15, 0.2) is 0 Å². The van der Waals surface area contributed by atoms with E-state index in [-0.39, 0.29) is 17.6 Å². The van der Waals surface area contributed by atoms with Crippen molar-refractivity contribution in [1.82, 2.24) is 4.90 Å². The number of aliphatic hydroxyl groups is 1. The minimum Gasteiger partial charge on any atom is -0.392 e. The van der Waals surface area contributed by atoms with E-state index in [1.165, 1.54) is 0 Å². The number of β-amino-alcohol motifs (C(OH)–C–C–N with tert-alkyl or cyclic N) is 1. The Kier molecular flexibility index (Phi) is 3.70. The molecule has 0 aromatic heterocycles. The first-order valence-corrected chi connectivity index (χ1v) is 6.46. The third kappa shape index (κ3) is 3.62. The third-order valence-corrected chi connectivity index (χ3v) is 4.09. The number of aliphatic hydroxyl groups excluding tert-OH is 1. The van der Waals surface area contributed by atoms with Gasteiger partial charge in [-0.25, -0.2) is 8.42 Å². The molecule has 1 saturated heterocycles. The number of likely N-dealkylation sites (tertiary alicyclic amines) is 1. The van der Waals surface area contributed by atoms with Gasteiger partial charge in [-0.1, -0.05) is 6.92 Å². The molecule has 1 rings (SSSR count). The Bertz CT molecular complexity index is 250. The van der Waals surface area contributed by atoms with Crippen molar-refractivity contribution < 1.29 is 13.5 Å². The molecule has 1 atom stereocenters. The molecule has 0 aliphatic carbocycles. The maximum absolute atomic E-state index is 11.1. The van der Waals surface area contributed by atoms with Crippen LogP contribution in [0.25, 0.3) is 0 Å². The summed E-state index contributed by atoms with van der Waals surface area (Å²) in [5, 5.41) is 9.20. The Morgan fingerprint density at radius 1 is 1.54 bits per heavy atom. The van der Waals surface area contributed by atoms with Gasteiger partial charge in [0.1, 0.15) is 0 Å². The Labute approximate surface area is 79.5 Å². The predicted molar refractivity (Wildman–Crippen MR) is 51.4 cm³/mol. The minimum absolute atomic E-state index is 0.212. The van der Waals surface area contributed by atoms with E-state index in [4.69, 9.17) is 0 Å². The number of rotatable bonds is 4. The molecule has 0 bridgehead atoms.